The Kier molecular flexibility index (Phi) is 4.66. The fourth-order valence-corrected chi connectivity index (χ4v) is 2.65. The van der Waals surface area contributed by atoms with Crippen LogP contribution in [-0.4, -0.2) is 17.1 Å². The number of amides is 2. The minimum absolute atomic E-state index is 0.128. The zero-order chi connectivity index (χ0) is 16.9. The Bertz CT molecular complexity index is 807. The molecule has 1 heterocycles. The summed E-state index contributed by atoms with van der Waals surface area (Å²) in [7, 11) is 0. The van der Waals surface area contributed by atoms with E-state index in [0.717, 1.165) is 22.6 Å². The molecule has 0 unspecified atom stereocenters. The van der Waals surface area contributed by atoms with Crippen molar-refractivity contribution in [2.75, 3.05) is 16.8 Å². The zero-order valence-electron chi connectivity index (χ0n) is 13.9. The fraction of sp³-hybridized carbons (Fsp3) is 0.150. The maximum Gasteiger partial charge on any atom is 0.326 e. The van der Waals surface area contributed by atoms with Gasteiger partial charge in [0.25, 0.3) is 0 Å². The van der Waals surface area contributed by atoms with Crippen molar-refractivity contribution < 1.29 is 4.79 Å². The third-order valence-electron chi connectivity index (χ3n) is 3.90. The number of urea groups is 1. The van der Waals surface area contributed by atoms with Crippen molar-refractivity contribution >= 4 is 17.4 Å². The lowest BCUT2D eigenvalue weighted by atomic mass is 10.2. The second-order valence-electron chi connectivity index (χ2n) is 5.65. The van der Waals surface area contributed by atoms with Crippen molar-refractivity contribution in [1.29, 1.82) is 0 Å². The van der Waals surface area contributed by atoms with Crippen LogP contribution in [0.15, 0.2) is 73.1 Å². The van der Waals surface area contributed by atoms with Gasteiger partial charge in [0.15, 0.2) is 0 Å². The molecule has 0 atom stereocenters. The van der Waals surface area contributed by atoms with E-state index in [1.807, 2.05) is 91.5 Å². The number of aromatic nitrogens is 1. The summed E-state index contributed by atoms with van der Waals surface area (Å²) in [6, 6.07) is 19.6. The van der Waals surface area contributed by atoms with E-state index in [1.165, 1.54) is 0 Å². The number of nitrogens with zero attached hydrogens (tertiary/aromatic N) is 2. The van der Waals surface area contributed by atoms with E-state index in [1.54, 1.807) is 4.90 Å². The van der Waals surface area contributed by atoms with Gasteiger partial charge in [-0.25, -0.2) is 4.79 Å². The number of carbonyl (C=O) groups is 1. The average molecular weight is 319 g/mol. The summed E-state index contributed by atoms with van der Waals surface area (Å²) in [5.41, 5.74) is 3.87. The summed E-state index contributed by atoms with van der Waals surface area (Å²) in [5, 5.41) is 2.96. The van der Waals surface area contributed by atoms with E-state index in [4.69, 9.17) is 0 Å². The van der Waals surface area contributed by atoms with Crippen LogP contribution in [0.3, 0.4) is 0 Å². The number of hydrogen-bond acceptors (Lipinski definition) is 1. The molecule has 1 N–H and O–H groups in total. The molecule has 0 saturated heterocycles. The van der Waals surface area contributed by atoms with E-state index in [-0.39, 0.29) is 6.03 Å². The number of nitrogens with one attached hydrogen (secondary N) is 1. The number of anilines is 2. The van der Waals surface area contributed by atoms with E-state index in [0.29, 0.717) is 6.54 Å². The molecule has 4 heteroatoms. The van der Waals surface area contributed by atoms with Crippen LogP contribution in [0.5, 0.6) is 0 Å². The van der Waals surface area contributed by atoms with Gasteiger partial charge in [-0.2, -0.15) is 0 Å². The maximum atomic E-state index is 12.6. The molecule has 0 radical (unpaired) electrons. The Morgan fingerprint density at radius 1 is 1.04 bits per heavy atom. The molecule has 2 aromatic carbocycles. The first-order valence-corrected chi connectivity index (χ1v) is 8.06. The standard InChI is InChI=1S/C20H21N3O/c1-3-23(19-8-6-7-16(2)15-19)20(24)21-17-9-11-18(12-10-17)22-13-4-5-14-22/h4-15H,3H2,1-2H3,(H,21,24). The normalized spacial score (nSPS) is 10.4. The number of carbonyl (C=O) groups excluding carboxylic acids is 1. The van der Waals surface area contributed by atoms with Crippen LogP contribution >= 0.6 is 0 Å². The predicted octanol–water partition coefficient (Wildman–Crippen LogP) is 4.84. The van der Waals surface area contributed by atoms with Gasteiger partial charge >= 0.3 is 6.03 Å². The van der Waals surface area contributed by atoms with E-state index in [2.05, 4.69) is 5.32 Å². The van der Waals surface area contributed by atoms with Crippen LogP contribution in [-0.2, 0) is 0 Å². The van der Waals surface area contributed by atoms with E-state index < -0.39 is 0 Å². The zero-order valence-corrected chi connectivity index (χ0v) is 13.9. The molecule has 24 heavy (non-hydrogen) atoms. The topological polar surface area (TPSA) is 37.3 Å². The number of hydrogen-bond donors (Lipinski definition) is 1. The first kappa shape index (κ1) is 15.9. The highest BCUT2D eigenvalue weighted by Gasteiger charge is 2.14. The second kappa shape index (κ2) is 7.04. The highest BCUT2D eigenvalue weighted by Crippen LogP contribution is 2.18. The molecule has 0 aliphatic heterocycles. The van der Waals surface area contributed by atoms with E-state index in [9.17, 15) is 4.79 Å². The molecule has 0 saturated carbocycles. The van der Waals surface area contributed by atoms with Crippen LogP contribution < -0.4 is 10.2 Å². The highest BCUT2D eigenvalue weighted by atomic mass is 16.2. The predicted molar refractivity (Wildman–Crippen MR) is 99.0 cm³/mol. The smallest absolute Gasteiger partial charge is 0.324 e. The molecule has 0 aliphatic rings. The van der Waals surface area contributed by atoms with Gasteiger partial charge in [-0.05, 0) is 67.9 Å². The molecular weight excluding hydrogens is 298 g/mol. The monoisotopic (exact) mass is 319 g/mol. The van der Waals surface area contributed by atoms with Crippen LogP contribution in [0.1, 0.15) is 12.5 Å². The number of rotatable bonds is 4. The van der Waals surface area contributed by atoms with Gasteiger partial charge < -0.3 is 9.88 Å². The van der Waals surface area contributed by atoms with Crippen molar-refractivity contribution in [3.63, 3.8) is 0 Å². The van der Waals surface area contributed by atoms with Crippen molar-refractivity contribution in [2.24, 2.45) is 0 Å². The van der Waals surface area contributed by atoms with Gasteiger partial charge in [0.2, 0.25) is 0 Å². The molecular formula is C20H21N3O. The number of benzene rings is 2. The van der Waals surface area contributed by atoms with Crippen molar-refractivity contribution in [3.8, 4) is 5.69 Å². The second-order valence-corrected chi connectivity index (χ2v) is 5.65. The molecule has 122 valence electrons. The van der Waals surface area contributed by atoms with Gasteiger partial charge in [0.05, 0.1) is 0 Å². The lowest BCUT2D eigenvalue weighted by Gasteiger charge is -2.22. The maximum absolute atomic E-state index is 12.6. The molecule has 3 aromatic rings. The minimum atomic E-state index is -0.128. The van der Waals surface area contributed by atoms with E-state index >= 15 is 0 Å². The Labute approximate surface area is 142 Å². The summed E-state index contributed by atoms with van der Waals surface area (Å²) < 4.78 is 2.02. The van der Waals surface area contributed by atoms with Crippen LogP contribution in [0.4, 0.5) is 16.2 Å². The molecule has 0 bridgehead atoms. The average Bonchev–Trinajstić information content (AvgIpc) is 3.11. The van der Waals surface area contributed by atoms with Gasteiger partial charge in [-0.15, -0.1) is 0 Å². The third-order valence-corrected chi connectivity index (χ3v) is 3.90. The first-order chi connectivity index (χ1) is 11.7. The summed E-state index contributed by atoms with van der Waals surface area (Å²) >= 11 is 0. The number of aryl methyl sites for hydroxylation is 1. The highest BCUT2D eigenvalue weighted by molar-refractivity contribution is 6.01. The molecule has 0 spiro atoms. The fourth-order valence-electron chi connectivity index (χ4n) is 2.65. The first-order valence-electron chi connectivity index (χ1n) is 8.06. The lowest BCUT2D eigenvalue weighted by Crippen LogP contribution is -2.34. The molecule has 0 fully saturated rings. The molecule has 3 rings (SSSR count). The Morgan fingerprint density at radius 2 is 1.75 bits per heavy atom. The SMILES string of the molecule is CCN(C(=O)Nc1ccc(-n2cccc2)cc1)c1cccc(C)c1. The van der Waals surface area contributed by atoms with Crippen LogP contribution in [0, 0.1) is 6.92 Å². The summed E-state index contributed by atoms with van der Waals surface area (Å²) in [5.74, 6) is 0. The minimum Gasteiger partial charge on any atom is -0.324 e. The largest absolute Gasteiger partial charge is 0.326 e. The Balaban J connectivity index is 1.73. The summed E-state index contributed by atoms with van der Waals surface area (Å²) in [6.45, 7) is 4.60. The van der Waals surface area contributed by atoms with Gasteiger partial charge in [0, 0.05) is 36.0 Å². The molecule has 1 aromatic heterocycles. The van der Waals surface area contributed by atoms with Gasteiger partial charge in [0.1, 0.15) is 0 Å². The molecule has 2 amide bonds. The van der Waals surface area contributed by atoms with Gasteiger partial charge in [-0.1, -0.05) is 12.1 Å². The van der Waals surface area contributed by atoms with Gasteiger partial charge in [-0.3, -0.25) is 4.90 Å². The Hall–Kier alpha value is -3.01. The lowest BCUT2D eigenvalue weighted by molar-refractivity contribution is 0.257. The van der Waals surface area contributed by atoms with Crippen molar-refractivity contribution in [1.82, 2.24) is 4.57 Å². The van der Waals surface area contributed by atoms with Crippen LogP contribution in [0.25, 0.3) is 5.69 Å². The quantitative estimate of drug-likeness (QED) is 0.734. The Morgan fingerprint density at radius 3 is 2.38 bits per heavy atom. The van der Waals surface area contributed by atoms with Crippen LogP contribution in [0.2, 0.25) is 0 Å². The third kappa shape index (κ3) is 3.49. The molecule has 0 aliphatic carbocycles. The van der Waals surface area contributed by atoms with Crippen molar-refractivity contribution in [3.05, 3.63) is 78.6 Å². The summed E-state index contributed by atoms with van der Waals surface area (Å²) in [6.07, 6.45) is 3.98. The van der Waals surface area contributed by atoms with Crippen molar-refractivity contribution in [2.45, 2.75) is 13.8 Å². The summed E-state index contributed by atoms with van der Waals surface area (Å²) in [4.78, 5) is 14.3. The molecule has 4 nitrogen and oxygen atoms in total.